The molecule has 2 heterocycles. The molecule has 22 heavy (non-hydrogen) atoms. The van der Waals surface area contributed by atoms with Crippen LogP contribution in [0.25, 0.3) is 6.08 Å². The molecule has 0 aliphatic carbocycles. The molecule has 1 aromatic rings. The number of hydrogen-bond donors (Lipinski definition) is 1. The van der Waals surface area contributed by atoms with Crippen molar-refractivity contribution in [1.82, 2.24) is 4.90 Å². The van der Waals surface area contributed by atoms with Gasteiger partial charge in [-0.1, -0.05) is 11.6 Å². The molecule has 3 rings (SSSR count). The Morgan fingerprint density at radius 1 is 1.36 bits per heavy atom. The molecule has 6 heteroatoms. The van der Waals surface area contributed by atoms with Gasteiger partial charge in [-0.25, -0.2) is 0 Å². The van der Waals surface area contributed by atoms with Crippen LogP contribution in [0.1, 0.15) is 18.4 Å². The Labute approximate surface area is 133 Å². The second-order valence-corrected chi connectivity index (χ2v) is 6.01. The first-order valence-electron chi connectivity index (χ1n) is 7.19. The second-order valence-electron chi connectivity index (χ2n) is 5.57. The molecule has 0 saturated carbocycles. The average molecular weight is 322 g/mol. The van der Waals surface area contributed by atoms with Gasteiger partial charge < -0.3 is 14.7 Å². The Balaban J connectivity index is 1.79. The van der Waals surface area contributed by atoms with Crippen LogP contribution in [0, 0.1) is 5.92 Å². The number of fused-ring (bicyclic) bond motifs is 1. The Hall–Kier alpha value is -2.01. The van der Waals surface area contributed by atoms with Crippen LogP contribution >= 0.6 is 11.6 Å². The lowest BCUT2D eigenvalue weighted by atomic mass is 9.97. The van der Waals surface area contributed by atoms with Gasteiger partial charge in [-0.15, -0.1) is 0 Å². The normalized spacial score (nSPS) is 20.7. The van der Waals surface area contributed by atoms with Gasteiger partial charge in [0.2, 0.25) is 0 Å². The monoisotopic (exact) mass is 321 g/mol. The van der Waals surface area contributed by atoms with E-state index in [9.17, 15) is 9.59 Å². The summed E-state index contributed by atoms with van der Waals surface area (Å²) in [6, 6.07) is 5.26. The molecule has 0 bridgehead atoms. The Kier molecular flexibility index (Phi) is 4.07. The van der Waals surface area contributed by atoms with E-state index >= 15 is 0 Å². The number of piperidine rings is 1. The zero-order valence-electron chi connectivity index (χ0n) is 11.9. The Morgan fingerprint density at radius 2 is 2.18 bits per heavy atom. The van der Waals surface area contributed by atoms with Crippen LogP contribution in [0.2, 0.25) is 5.02 Å². The molecule has 1 amide bonds. The minimum absolute atomic E-state index is 0.156. The maximum Gasteiger partial charge on any atom is 0.308 e. The van der Waals surface area contributed by atoms with Gasteiger partial charge in [0.25, 0.3) is 5.91 Å². The first-order valence-corrected chi connectivity index (χ1v) is 7.57. The second kappa shape index (κ2) is 6.01. The molecule has 1 atom stereocenters. The van der Waals surface area contributed by atoms with Crippen molar-refractivity contribution in [3.63, 3.8) is 0 Å². The van der Waals surface area contributed by atoms with Crippen molar-refractivity contribution in [3.05, 3.63) is 34.4 Å². The van der Waals surface area contributed by atoms with Gasteiger partial charge >= 0.3 is 5.97 Å². The van der Waals surface area contributed by atoms with E-state index < -0.39 is 11.9 Å². The van der Waals surface area contributed by atoms with Crippen LogP contribution in [-0.2, 0) is 9.59 Å². The number of benzene rings is 1. The number of carboxylic acid groups (broad SMARTS) is 1. The lowest BCUT2D eigenvalue weighted by molar-refractivity contribution is -0.145. The van der Waals surface area contributed by atoms with E-state index in [1.165, 1.54) is 0 Å². The van der Waals surface area contributed by atoms with E-state index in [1.807, 2.05) is 0 Å². The van der Waals surface area contributed by atoms with Crippen LogP contribution in [0.5, 0.6) is 5.75 Å². The molecule has 5 nitrogen and oxygen atoms in total. The number of halogens is 1. The number of rotatable bonds is 2. The minimum atomic E-state index is -0.844. The lowest BCUT2D eigenvalue weighted by Gasteiger charge is -2.32. The summed E-state index contributed by atoms with van der Waals surface area (Å²) in [5.41, 5.74) is 1.30. The van der Waals surface area contributed by atoms with Crippen LogP contribution < -0.4 is 4.74 Å². The van der Waals surface area contributed by atoms with E-state index in [2.05, 4.69) is 0 Å². The molecule has 2 aliphatic rings. The van der Waals surface area contributed by atoms with E-state index in [-0.39, 0.29) is 19.1 Å². The number of carbonyl (C=O) groups excluding carboxylic acids is 1. The zero-order valence-corrected chi connectivity index (χ0v) is 12.7. The summed E-state index contributed by atoms with van der Waals surface area (Å²) in [5, 5.41) is 9.70. The summed E-state index contributed by atoms with van der Waals surface area (Å²) in [7, 11) is 0. The quantitative estimate of drug-likeness (QED) is 0.908. The maximum absolute atomic E-state index is 12.6. The first-order chi connectivity index (χ1) is 10.5. The summed E-state index contributed by atoms with van der Waals surface area (Å²) in [6.45, 7) is 1.04. The fourth-order valence-electron chi connectivity index (χ4n) is 2.84. The average Bonchev–Trinajstić information content (AvgIpc) is 2.53. The highest BCUT2D eigenvalue weighted by molar-refractivity contribution is 6.30. The number of hydrogen-bond acceptors (Lipinski definition) is 3. The van der Waals surface area contributed by atoms with E-state index in [1.54, 1.807) is 29.2 Å². The number of carbonyl (C=O) groups is 2. The number of nitrogens with zero attached hydrogens (tertiary/aromatic N) is 1. The third kappa shape index (κ3) is 2.95. The van der Waals surface area contributed by atoms with Gasteiger partial charge in [-0.05, 0) is 37.1 Å². The summed E-state index contributed by atoms with van der Waals surface area (Å²) < 4.78 is 5.59. The number of carboxylic acids is 1. The van der Waals surface area contributed by atoms with Gasteiger partial charge in [0.15, 0.2) is 0 Å². The van der Waals surface area contributed by atoms with Crippen LogP contribution in [0.4, 0.5) is 0 Å². The fraction of sp³-hybridized carbons (Fsp3) is 0.375. The number of likely N-dealkylation sites (tertiary alicyclic amines) is 1. The highest BCUT2D eigenvalue weighted by Crippen LogP contribution is 2.30. The van der Waals surface area contributed by atoms with E-state index in [4.69, 9.17) is 21.4 Å². The smallest absolute Gasteiger partial charge is 0.308 e. The minimum Gasteiger partial charge on any atom is -0.488 e. The third-order valence-electron chi connectivity index (χ3n) is 4.02. The maximum atomic E-state index is 12.6. The van der Waals surface area contributed by atoms with Crippen LogP contribution in [0.15, 0.2) is 23.8 Å². The molecule has 2 aliphatic heterocycles. The SMILES string of the molecule is O=C(O)C1CCCN(C(=O)C2=Cc3cc(Cl)ccc3OC2)C1. The topological polar surface area (TPSA) is 66.8 Å². The van der Waals surface area contributed by atoms with Crippen molar-refractivity contribution in [2.75, 3.05) is 19.7 Å². The largest absolute Gasteiger partial charge is 0.488 e. The van der Waals surface area contributed by atoms with Gasteiger partial charge in [-0.2, -0.15) is 0 Å². The van der Waals surface area contributed by atoms with Crippen molar-refractivity contribution in [3.8, 4) is 5.75 Å². The predicted molar refractivity (Wildman–Crippen MR) is 81.9 cm³/mol. The number of ether oxygens (including phenoxy) is 1. The number of aliphatic carboxylic acids is 1. The Morgan fingerprint density at radius 3 is 2.95 bits per heavy atom. The molecule has 1 N–H and O–H groups in total. The highest BCUT2D eigenvalue weighted by Gasteiger charge is 2.30. The highest BCUT2D eigenvalue weighted by atomic mass is 35.5. The van der Waals surface area contributed by atoms with Crippen molar-refractivity contribution in [1.29, 1.82) is 0 Å². The zero-order chi connectivity index (χ0) is 15.7. The summed E-state index contributed by atoms with van der Waals surface area (Å²) >= 11 is 5.96. The first kappa shape index (κ1) is 14.9. The van der Waals surface area contributed by atoms with Crippen LogP contribution in [-0.4, -0.2) is 41.6 Å². The summed E-state index contributed by atoms with van der Waals surface area (Å²) in [5.74, 6) is -0.785. The molecule has 1 aromatic carbocycles. The van der Waals surface area contributed by atoms with Crippen molar-refractivity contribution < 1.29 is 19.4 Å². The van der Waals surface area contributed by atoms with E-state index in [0.29, 0.717) is 35.7 Å². The van der Waals surface area contributed by atoms with Crippen molar-refractivity contribution in [2.24, 2.45) is 5.92 Å². The van der Waals surface area contributed by atoms with Crippen molar-refractivity contribution >= 4 is 29.6 Å². The summed E-state index contributed by atoms with van der Waals surface area (Å²) in [6.07, 6.45) is 3.10. The molecule has 116 valence electrons. The molecule has 0 radical (unpaired) electrons. The molecular weight excluding hydrogens is 306 g/mol. The molecule has 1 saturated heterocycles. The van der Waals surface area contributed by atoms with Gasteiger partial charge in [-0.3, -0.25) is 9.59 Å². The number of amides is 1. The summed E-state index contributed by atoms with van der Waals surface area (Å²) in [4.78, 5) is 25.3. The molecule has 1 fully saturated rings. The molecule has 0 aromatic heterocycles. The fourth-order valence-corrected chi connectivity index (χ4v) is 3.02. The standard InChI is InChI=1S/C16H16ClNO4/c17-13-3-4-14-11(7-13)6-12(9-22-14)15(19)18-5-1-2-10(8-18)16(20)21/h3-4,6-7,10H,1-2,5,8-9H2,(H,20,21). The van der Waals surface area contributed by atoms with Gasteiger partial charge in [0, 0.05) is 23.7 Å². The van der Waals surface area contributed by atoms with Gasteiger partial charge in [0.05, 0.1) is 11.5 Å². The molecule has 1 unspecified atom stereocenters. The van der Waals surface area contributed by atoms with Crippen LogP contribution in [0.3, 0.4) is 0 Å². The predicted octanol–water partition coefficient (Wildman–Crippen LogP) is 2.44. The van der Waals surface area contributed by atoms with Gasteiger partial charge in [0.1, 0.15) is 12.4 Å². The Bertz CT molecular complexity index is 656. The third-order valence-corrected chi connectivity index (χ3v) is 4.25. The van der Waals surface area contributed by atoms with Crippen molar-refractivity contribution in [2.45, 2.75) is 12.8 Å². The molecular formula is C16H16ClNO4. The molecule has 0 spiro atoms. The van der Waals surface area contributed by atoms with E-state index in [0.717, 1.165) is 5.56 Å². The lowest BCUT2D eigenvalue weighted by Crippen LogP contribution is -2.43.